The number of fused-ring (bicyclic) bond motifs is 2. The summed E-state index contributed by atoms with van der Waals surface area (Å²) in [5.41, 5.74) is 0. The fourth-order valence-electron chi connectivity index (χ4n) is 2.57. The molecule has 0 amide bonds. The van der Waals surface area contributed by atoms with Gasteiger partial charge in [-0.15, -0.1) is 0 Å². The van der Waals surface area contributed by atoms with Crippen molar-refractivity contribution in [2.45, 2.75) is 33.0 Å². The minimum absolute atomic E-state index is 0.0721. The second-order valence-electron chi connectivity index (χ2n) is 4.35. The predicted molar refractivity (Wildman–Crippen MR) is 56.0 cm³/mol. The molecule has 1 saturated carbocycles. The van der Waals surface area contributed by atoms with Crippen LogP contribution in [0.5, 0.6) is 0 Å². The summed E-state index contributed by atoms with van der Waals surface area (Å²) < 4.78 is 10.4. The van der Waals surface area contributed by atoms with Gasteiger partial charge < -0.3 is 9.47 Å². The maximum Gasteiger partial charge on any atom is 0.311 e. The molecule has 0 radical (unpaired) electrons. The lowest BCUT2D eigenvalue weighted by atomic mass is 9.94. The normalized spacial score (nSPS) is 34.4. The molecule has 0 heterocycles. The Bertz CT molecular complexity index is 272. The molecule has 0 aromatic rings. The molecular formula is C12H18O3. The Morgan fingerprint density at radius 3 is 2.80 bits per heavy atom. The number of allylic oxidation sites excluding steroid dienone is 2. The van der Waals surface area contributed by atoms with E-state index in [-0.39, 0.29) is 11.9 Å². The van der Waals surface area contributed by atoms with Gasteiger partial charge in [-0.1, -0.05) is 12.2 Å². The SMILES string of the molecule is CCOC(C)OC(=O)C1CC2C=CC1C2. The van der Waals surface area contributed by atoms with Crippen LogP contribution in [0.1, 0.15) is 26.7 Å². The molecule has 2 bridgehead atoms. The Morgan fingerprint density at radius 1 is 1.47 bits per heavy atom. The van der Waals surface area contributed by atoms with E-state index in [4.69, 9.17) is 9.47 Å². The molecule has 0 aliphatic heterocycles. The first-order valence-corrected chi connectivity index (χ1v) is 5.71. The Hall–Kier alpha value is -0.830. The van der Waals surface area contributed by atoms with Gasteiger partial charge in [0.15, 0.2) is 6.29 Å². The molecule has 4 unspecified atom stereocenters. The number of esters is 1. The van der Waals surface area contributed by atoms with Crippen molar-refractivity contribution >= 4 is 5.97 Å². The maximum absolute atomic E-state index is 11.8. The van der Waals surface area contributed by atoms with E-state index in [0.29, 0.717) is 18.4 Å². The molecule has 15 heavy (non-hydrogen) atoms. The van der Waals surface area contributed by atoms with E-state index < -0.39 is 6.29 Å². The fraction of sp³-hybridized carbons (Fsp3) is 0.750. The van der Waals surface area contributed by atoms with Crippen molar-refractivity contribution in [1.29, 1.82) is 0 Å². The summed E-state index contributed by atoms with van der Waals surface area (Å²) in [6.45, 7) is 4.24. The molecule has 0 N–H and O–H groups in total. The molecular weight excluding hydrogens is 192 g/mol. The van der Waals surface area contributed by atoms with Crippen LogP contribution in [-0.4, -0.2) is 18.9 Å². The van der Waals surface area contributed by atoms with Crippen LogP contribution in [0, 0.1) is 17.8 Å². The van der Waals surface area contributed by atoms with Crippen molar-refractivity contribution in [3.05, 3.63) is 12.2 Å². The van der Waals surface area contributed by atoms with Crippen LogP contribution in [0.3, 0.4) is 0 Å². The first-order valence-electron chi connectivity index (χ1n) is 5.71. The summed E-state index contributed by atoms with van der Waals surface area (Å²) in [7, 11) is 0. The van der Waals surface area contributed by atoms with E-state index in [2.05, 4.69) is 12.2 Å². The highest BCUT2D eigenvalue weighted by molar-refractivity contribution is 5.74. The van der Waals surface area contributed by atoms with Gasteiger partial charge in [-0.25, -0.2) is 0 Å². The standard InChI is InChI=1S/C12H18O3/c1-3-14-8(2)15-12(13)11-7-9-4-5-10(11)6-9/h4-5,8-11H,3,6-7H2,1-2H3. The Balaban J connectivity index is 1.84. The van der Waals surface area contributed by atoms with E-state index in [1.165, 1.54) is 0 Å². The van der Waals surface area contributed by atoms with Crippen LogP contribution in [0.25, 0.3) is 0 Å². The zero-order valence-electron chi connectivity index (χ0n) is 9.31. The zero-order chi connectivity index (χ0) is 10.8. The summed E-state index contributed by atoms with van der Waals surface area (Å²) in [5.74, 6) is 1.00. The summed E-state index contributed by atoms with van der Waals surface area (Å²) in [4.78, 5) is 11.8. The van der Waals surface area contributed by atoms with Crippen LogP contribution < -0.4 is 0 Å². The van der Waals surface area contributed by atoms with Gasteiger partial charge in [0.05, 0.1) is 5.92 Å². The number of hydrogen-bond acceptors (Lipinski definition) is 3. The van der Waals surface area contributed by atoms with Crippen molar-refractivity contribution in [2.75, 3.05) is 6.61 Å². The van der Waals surface area contributed by atoms with Gasteiger partial charge in [0.1, 0.15) is 0 Å². The smallest absolute Gasteiger partial charge is 0.311 e. The first kappa shape index (κ1) is 10.7. The molecule has 3 heteroatoms. The predicted octanol–water partition coefficient (Wildman–Crippen LogP) is 2.12. The van der Waals surface area contributed by atoms with Gasteiger partial charge >= 0.3 is 5.97 Å². The third-order valence-electron chi connectivity index (χ3n) is 3.27. The van der Waals surface area contributed by atoms with Gasteiger partial charge in [-0.3, -0.25) is 4.79 Å². The number of carbonyl (C=O) groups is 1. The molecule has 2 rings (SSSR count). The average molecular weight is 210 g/mol. The van der Waals surface area contributed by atoms with Gasteiger partial charge in [-0.05, 0) is 38.5 Å². The molecule has 2 aliphatic rings. The third kappa shape index (κ3) is 2.23. The van der Waals surface area contributed by atoms with E-state index in [1.54, 1.807) is 6.92 Å². The van der Waals surface area contributed by atoms with Crippen LogP contribution >= 0.6 is 0 Å². The number of rotatable bonds is 4. The lowest BCUT2D eigenvalue weighted by Crippen LogP contribution is -2.26. The van der Waals surface area contributed by atoms with Crippen molar-refractivity contribution < 1.29 is 14.3 Å². The molecule has 0 aromatic heterocycles. The highest BCUT2D eigenvalue weighted by Crippen LogP contribution is 2.43. The summed E-state index contributed by atoms with van der Waals surface area (Å²) >= 11 is 0. The average Bonchev–Trinajstić information content (AvgIpc) is 2.78. The topological polar surface area (TPSA) is 35.5 Å². The molecule has 0 aromatic carbocycles. The van der Waals surface area contributed by atoms with E-state index in [1.807, 2.05) is 6.92 Å². The van der Waals surface area contributed by atoms with Crippen LogP contribution in [-0.2, 0) is 14.3 Å². The molecule has 0 spiro atoms. The lowest BCUT2D eigenvalue weighted by Gasteiger charge is -2.19. The largest absolute Gasteiger partial charge is 0.436 e. The second kappa shape index (κ2) is 4.35. The minimum Gasteiger partial charge on any atom is -0.436 e. The maximum atomic E-state index is 11.8. The van der Waals surface area contributed by atoms with E-state index >= 15 is 0 Å². The van der Waals surface area contributed by atoms with Crippen molar-refractivity contribution in [3.63, 3.8) is 0 Å². The van der Waals surface area contributed by atoms with Gasteiger partial charge in [-0.2, -0.15) is 0 Å². The Morgan fingerprint density at radius 2 is 2.27 bits per heavy atom. The zero-order valence-corrected chi connectivity index (χ0v) is 9.31. The second-order valence-corrected chi connectivity index (χ2v) is 4.35. The molecule has 3 nitrogen and oxygen atoms in total. The quantitative estimate of drug-likeness (QED) is 0.405. The molecule has 4 atom stereocenters. The molecule has 84 valence electrons. The minimum atomic E-state index is -0.411. The van der Waals surface area contributed by atoms with Gasteiger partial charge in [0.2, 0.25) is 0 Å². The lowest BCUT2D eigenvalue weighted by molar-refractivity contribution is -0.179. The highest BCUT2D eigenvalue weighted by atomic mass is 16.7. The van der Waals surface area contributed by atoms with Crippen LogP contribution in [0.15, 0.2) is 12.2 Å². The summed E-state index contributed by atoms with van der Waals surface area (Å²) in [6, 6.07) is 0. The van der Waals surface area contributed by atoms with Crippen LogP contribution in [0.2, 0.25) is 0 Å². The number of hydrogen-bond donors (Lipinski definition) is 0. The molecule has 1 fully saturated rings. The summed E-state index contributed by atoms with van der Waals surface area (Å²) in [5, 5.41) is 0. The van der Waals surface area contributed by atoms with Crippen molar-refractivity contribution in [3.8, 4) is 0 Å². The van der Waals surface area contributed by atoms with Gasteiger partial charge in [0.25, 0.3) is 0 Å². The van der Waals surface area contributed by atoms with Crippen LogP contribution in [0.4, 0.5) is 0 Å². The highest BCUT2D eigenvalue weighted by Gasteiger charge is 2.41. The van der Waals surface area contributed by atoms with Crippen molar-refractivity contribution in [2.24, 2.45) is 17.8 Å². The van der Waals surface area contributed by atoms with Crippen molar-refractivity contribution in [1.82, 2.24) is 0 Å². The fourth-order valence-corrected chi connectivity index (χ4v) is 2.57. The Kier molecular flexibility index (Phi) is 3.10. The molecule has 0 saturated heterocycles. The monoisotopic (exact) mass is 210 g/mol. The van der Waals surface area contributed by atoms with E-state index in [0.717, 1.165) is 12.8 Å². The third-order valence-corrected chi connectivity index (χ3v) is 3.27. The first-order chi connectivity index (χ1) is 7.20. The van der Waals surface area contributed by atoms with Gasteiger partial charge in [0, 0.05) is 6.61 Å². The van der Waals surface area contributed by atoms with E-state index in [9.17, 15) is 4.79 Å². The summed E-state index contributed by atoms with van der Waals surface area (Å²) in [6.07, 6.45) is 6.05. The number of carbonyl (C=O) groups excluding carboxylic acids is 1. The molecule has 2 aliphatic carbocycles. The Labute approximate surface area is 90.4 Å². The number of ether oxygens (including phenoxy) is 2.